The maximum atomic E-state index is 11.1. The van der Waals surface area contributed by atoms with Crippen LogP contribution in [0, 0.1) is 13.8 Å². The van der Waals surface area contributed by atoms with E-state index in [1.54, 1.807) is 4.68 Å². The van der Waals surface area contributed by atoms with Crippen LogP contribution in [0.25, 0.3) is 5.69 Å². The number of hydrogen-bond donors (Lipinski definition) is 2. The fourth-order valence-corrected chi connectivity index (χ4v) is 2.83. The lowest BCUT2D eigenvalue weighted by Gasteiger charge is -2.23. The first-order valence-corrected chi connectivity index (χ1v) is 6.88. The molecule has 6 nitrogen and oxygen atoms in total. The molecule has 1 aromatic carbocycles. The molecule has 1 aliphatic rings. The van der Waals surface area contributed by atoms with Crippen LogP contribution in [-0.2, 0) is 13.0 Å². The zero-order valence-electron chi connectivity index (χ0n) is 12.1. The average Bonchev–Trinajstić information content (AvgIpc) is 2.74. The molecule has 0 fully saturated rings. The number of aromatic nitrogens is 2. The molecule has 110 valence electrons. The smallest absolute Gasteiger partial charge is 0.407 e. The fraction of sp³-hybridized carbons (Fsp3) is 0.333. The Morgan fingerprint density at radius 1 is 1.29 bits per heavy atom. The van der Waals surface area contributed by atoms with Crippen LogP contribution in [0.1, 0.15) is 22.4 Å². The first-order chi connectivity index (χ1) is 9.95. The standard InChI is InChI=1S/C15H18N4O2/c1-9-5-10(2)7-11(6-9)19-14(16)12-8-18(15(20)21)4-3-13(12)17-19/h5-7H,3-4,8,16H2,1-2H3,(H,20,21). The first-order valence-electron chi connectivity index (χ1n) is 6.88. The molecule has 0 saturated carbocycles. The number of rotatable bonds is 1. The molecule has 0 spiro atoms. The number of hydrogen-bond acceptors (Lipinski definition) is 3. The molecule has 0 saturated heterocycles. The third kappa shape index (κ3) is 2.33. The molecule has 21 heavy (non-hydrogen) atoms. The average molecular weight is 286 g/mol. The molecule has 0 atom stereocenters. The van der Waals surface area contributed by atoms with Crippen molar-refractivity contribution in [3.05, 3.63) is 40.6 Å². The molecule has 2 heterocycles. The summed E-state index contributed by atoms with van der Waals surface area (Å²) in [6, 6.07) is 6.14. The predicted octanol–water partition coefficient (Wildman–Crippen LogP) is 2.11. The molecule has 0 unspecified atom stereocenters. The van der Waals surface area contributed by atoms with Gasteiger partial charge in [-0.15, -0.1) is 0 Å². The minimum Gasteiger partial charge on any atom is -0.465 e. The normalized spacial score (nSPS) is 14.1. The first kappa shape index (κ1) is 13.5. The summed E-state index contributed by atoms with van der Waals surface area (Å²) in [4.78, 5) is 12.5. The molecule has 3 N–H and O–H groups in total. The van der Waals surface area contributed by atoms with E-state index < -0.39 is 6.09 Å². The Hall–Kier alpha value is -2.50. The van der Waals surface area contributed by atoms with Gasteiger partial charge in [-0.2, -0.15) is 5.10 Å². The van der Waals surface area contributed by atoms with Gasteiger partial charge < -0.3 is 15.7 Å². The number of nitrogens with zero attached hydrogens (tertiary/aromatic N) is 3. The van der Waals surface area contributed by atoms with Crippen LogP contribution >= 0.6 is 0 Å². The van der Waals surface area contributed by atoms with E-state index in [9.17, 15) is 4.79 Å². The van der Waals surface area contributed by atoms with Gasteiger partial charge in [0.1, 0.15) is 5.82 Å². The summed E-state index contributed by atoms with van der Waals surface area (Å²) in [7, 11) is 0. The van der Waals surface area contributed by atoms with Crippen LogP contribution in [0.3, 0.4) is 0 Å². The van der Waals surface area contributed by atoms with Crippen LogP contribution in [-0.4, -0.2) is 32.4 Å². The SMILES string of the molecule is Cc1cc(C)cc(-n2nc3c(c2N)CN(C(=O)O)CC3)c1. The maximum absolute atomic E-state index is 11.1. The Morgan fingerprint density at radius 2 is 1.95 bits per heavy atom. The molecule has 0 aliphatic carbocycles. The lowest BCUT2D eigenvalue weighted by molar-refractivity contribution is 0.140. The van der Waals surface area contributed by atoms with E-state index in [2.05, 4.69) is 11.2 Å². The topological polar surface area (TPSA) is 84.4 Å². The van der Waals surface area contributed by atoms with Crippen molar-refractivity contribution in [1.29, 1.82) is 0 Å². The van der Waals surface area contributed by atoms with Gasteiger partial charge in [0, 0.05) is 18.5 Å². The molecule has 3 rings (SSSR count). The van der Waals surface area contributed by atoms with Crippen molar-refractivity contribution in [2.45, 2.75) is 26.8 Å². The van der Waals surface area contributed by atoms with Crippen molar-refractivity contribution in [2.75, 3.05) is 12.3 Å². The van der Waals surface area contributed by atoms with E-state index in [4.69, 9.17) is 10.8 Å². The second kappa shape index (κ2) is 4.80. The number of nitrogen functional groups attached to an aromatic ring is 1. The highest BCUT2D eigenvalue weighted by Crippen LogP contribution is 2.27. The van der Waals surface area contributed by atoms with E-state index in [0.29, 0.717) is 25.3 Å². The van der Waals surface area contributed by atoms with E-state index in [0.717, 1.165) is 28.1 Å². The van der Waals surface area contributed by atoms with Gasteiger partial charge in [-0.1, -0.05) is 6.07 Å². The number of fused-ring (bicyclic) bond motifs is 1. The van der Waals surface area contributed by atoms with E-state index in [-0.39, 0.29) is 0 Å². The molecule has 1 aliphatic heterocycles. The summed E-state index contributed by atoms with van der Waals surface area (Å²) < 4.78 is 1.72. The quantitative estimate of drug-likeness (QED) is 0.841. The Morgan fingerprint density at radius 3 is 2.57 bits per heavy atom. The van der Waals surface area contributed by atoms with Gasteiger partial charge >= 0.3 is 6.09 Å². The Labute approximate surface area is 122 Å². The van der Waals surface area contributed by atoms with Crippen molar-refractivity contribution in [2.24, 2.45) is 0 Å². The van der Waals surface area contributed by atoms with Gasteiger partial charge in [0.05, 0.1) is 17.9 Å². The number of anilines is 1. The minimum atomic E-state index is -0.917. The van der Waals surface area contributed by atoms with Crippen molar-refractivity contribution in [1.82, 2.24) is 14.7 Å². The van der Waals surface area contributed by atoms with Crippen LogP contribution in [0.4, 0.5) is 10.6 Å². The minimum absolute atomic E-state index is 0.307. The predicted molar refractivity (Wildman–Crippen MR) is 79.6 cm³/mol. The van der Waals surface area contributed by atoms with Gasteiger partial charge in [0.25, 0.3) is 0 Å². The number of benzene rings is 1. The Bertz CT molecular complexity index is 700. The number of amides is 1. The maximum Gasteiger partial charge on any atom is 0.407 e. The molecule has 0 bridgehead atoms. The summed E-state index contributed by atoms with van der Waals surface area (Å²) in [5, 5.41) is 13.7. The van der Waals surface area contributed by atoms with Crippen LogP contribution < -0.4 is 5.73 Å². The van der Waals surface area contributed by atoms with Gasteiger partial charge in [-0.25, -0.2) is 9.48 Å². The molecule has 0 radical (unpaired) electrons. The highest BCUT2D eigenvalue weighted by atomic mass is 16.4. The lowest BCUT2D eigenvalue weighted by Crippen LogP contribution is -2.34. The van der Waals surface area contributed by atoms with Crippen molar-refractivity contribution in [3.63, 3.8) is 0 Å². The highest BCUT2D eigenvalue weighted by Gasteiger charge is 2.26. The lowest BCUT2D eigenvalue weighted by atomic mass is 10.1. The van der Waals surface area contributed by atoms with Crippen LogP contribution in [0.2, 0.25) is 0 Å². The highest BCUT2D eigenvalue weighted by molar-refractivity contribution is 5.66. The number of carboxylic acid groups (broad SMARTS) is 1. The summed E-state index contributed by atoms with van der Waals surface area (Å²) in [5.41, 5.74) is 11.1. The zero-order chi connectivity index (χ0) is 15.1. The fourth-order valence-electron chi connectivity index (χ4n) is 2.83. The Kier molecular flexibility index (Phi) is 3.08. The van der Waals surface area contributed by atoms with Gasteiger partial charge in [0.15, 0.2) is 0 Å². The van der Waals surface area contributed by atoms with Gasteiger partial charge in [-0.3, -0.25) is 0 Å². The second-order valence-corrected chi connectivity index (χ2v) is 5.52. The van der Waals surface area contributed by atoms with E-state index in [1.807, 2.05) is 26.0 Å². The third-order valence-corrected chi connectivity index (χ3v) is 3.80. The van der Waals surface area contributed by atoms with Crippen molar-refractivity contribution in [3.8, 4) is 5.69 Å². The summed E-state index contributed by atoms with van der Waals surface area (Å²) in [6.45, 7) is 4.83. The monoisotopic (exact) mass is 286 g/mol. The third-order valence-electron chi connectivity index (χ3n) is 3.80. The zero-order valence-corrected chi connectivity index (χ0v) is 12.1. The van der Waals surface area contributed by atoms with Crippen LogP contribution in [0.15, 0.2) is 18.2 Å². The molecular formula is C15H18N4O2. The number of carbonyl (C=O) groups is 1. The summed E-state index contributed by atoms with van der Waals surface area (Å²) in [6.07, 6.45) is -0.317. The molecule has 1 aromatic heterocycles. The van der Waals surface area contributed by atoms with E-state index in [1.165, 1.54) is 4.90 Å². The van der Waals surface area contributed by atoms with Gasteiger partial charge in [-0.05, 0) is 37.1 Å². The van der Waals surface area contributed by atoms with Crippen molar-refractivity contribution < 1.29 is 9.90 Å². The summed E-state index contributed by atoms with van der Waals surface area (Å²) in [5.74, 6) is 0.529. The second-order valence-electron chi connectivity index (χ2n) is 5.52. The van der Waals surface area contributed by atoms with E-state index >= 15 is 0 Å². The molecule has 1 amide bonds. The molecule has 2 aromatic rings. The Balaban J connectivity index is 2.05. The molecule has 6 heteroatoms. The van der Waals surface area contributed by atoms with Gasteiger partial charge in [0.2, 0.25) is 0 Å². The largest absolute Gasteiger partial charge is 0.465 e. The molecular weight excluding hydrogens is 268 g/mol. The summed E-state index contributed by atoms with van der Waals surface area (Å²) >= 11 is 0. The number of aryl methyl sites for hydroxylation is 2. The van der Waals surface area contributed by atoms with Crippen molar-refractivity contribution >= 4 is 11.9 Å². The number of nitrogens with two attached hydrogens (primary N) is 1. The van der Waals surface area contributed by atoms with Crippen LogP contribution in [0.5, 0.6) is 0 Å².